The number of nitrogens with zero attached hydrogens (tertiary/aromatic N) is 2. The lowest BCUT2D eigenvalue weighted by molar-refractivity contribution is 0.0143. The zero-order valence-corrected chi connectivity index (χ0v) is 9.64. The van der Waals surface area contributed by atoms with Gasteiger partial charge in [0.15, 0.2) is 0 Å². The fourth-order valence-electron chi connectivity index (χ4n) is 1.16. The van der Waals surface area contributed by atoms with Gasteiger partial charge in [0.1, 0.15) is 11.8 Å². The Morgan fingerprint density at radius 1 is 1.44 bits per heavy atom. The lowest BCUT2D eigenvalue weighted by atomic mass is 10.2. The van der Waals surface area contributed by atoms with Crippen LogP contribution in [0.15, 0.2) is 18.3 Å². The molecule has 0 bridgehead atoms. The summed E-state index contributed by atoms with van der Waals surface area (Å²) < 4.78 is 10.7. The molecule has 0 N–H and O–H groups in total. The van der Waals surface area contributed by atoms with Crippen molar-refractivity contribution in [2.24, 2.45) is 0 Å². The Morgan fingerprint density at radius 3 is 2.94 bits per heavy atom. The number of hydrogen-bond donors (Lipinski definition) is 0. The molecule has 1 heterocycles. The van der Waals surface area contributed by atoms with Crippen molar-refractivity contribution in [3.63, 3.8) is 0 Å². The Balaban J connectivity index is 2.24. The van der Waals surface area contributed by atoms with Gasteiger partial charge in [-0.3, -0.25) is 0 Å². The molecule has 86 valence electrons. The summed E-state index contributed by atoms with van der Waals surface area (Å²) in [5.41, 5.74) is 1.37. The van der Waals surface area contributed by atoms with Gasteiger partial charge >= 0.3 is 0 Å². The highest BCUT2D eigenvalue weighted by atomic mass is 16.5. The summed E-state index contributed by atoms with van der Waals surface area (Å²) in [6.07, 6.45) is 1.84. The highest BCUT2D eigenvalue weighted by molar-refractivity contribution is 5.24. The summed E-state index contributed by atoms with van der Waals surface area (Å²) >= 11 is 0. The topological polar surface area (TPSA) is 55.1 Å². The van der Waals surface area contributed by atoms with Gasteiger partial charge in [0.2, 0.25) is 0 Å². The van der Waals surface area contributed by atoms with Crippen LogP contribution in [-0.4, -0.2) is 24.3 Å². The molecule has 0 radical (unpaired) electrons. The molecule has 0 aliphatic carbocycles. The third-order valence-corrected chi connectivity index (χ3v) is 1.89. The van der Waals surface area contributed by atoms with Gasteiger partial charge in [-0.2, -0.15) is 5.26 Å². The van der Waals surface area contributed by atoms with Gasteiger partial charge in [0.05, 0.1) is 25.9 Å². The van der Waals surface area contributed by atoms with E-state index in [9.17, 15) is 0 Å². The van der Waals surface area contributed by atoms with Crippen LogP contribution in [0.25, 0.3) is 0 Å². The van der Waals surface area contributed by atoms with Crippen LogP contribution >= 0.6 is 0 Å². The summed E-state index contributed by atoms with van der Waals surface area (Å²) in [4.78, 5) is 3.88. The van der Waals surface area contributed by atoms with Crippen molar-refractivity contribution < 1.29 is 9.47 Å². The zero-order valence-electron chi connectivity index (χ0n) is 9.64. The van der Waals surface area contributed by atoms with Gasteiger partial charge in [-0.1, -0.05) is 0 Å². The fraction of sp³-hybridized carbons (Fsp3) is 0.500. The molecule has 1 rings (SSSR count). The van der Waals surface area contributed by atoms with Crippen LogP contribution in [0.1, 0.15) is 25.1 Å². The molecule has 1 aromatic heterocycles. The molecule has 0 aliphatic rings. The number of rotatable bonds is 6. The molecule has 0 aliphatic heterocycles. The monoisotopic (exact) mass is 220 g/mol. The zero-order chi connectivity index (χ0) is 11.8. The van der Waals surface area contributed by atoms with E-state index in [0.717, 1.165) is 5.56 Å². The maximum Gasteiger partial charge on any atom is 0.140 e. The lowest BCUT2D eigenvalue weighted by Crippen LogP contribution is -2.09. The molecule has 4 heteroatoms. The van der Waals surface area contributed by atoms with Crippen LogP contribution in [0.5, 0.6) is 0 Å². The molecule has 0 fully saturated rings. The quantitative estimate of drug-likeness (QED) is 0.687. The summed E-state index contributed by atoms with van der Waals surface area (Å²) in [5.74, 6) is 0. The molecule has 0 unspecified atom stereocenters. The highest BCUT2D eigenvalue weighted by Gasteiger charge is 1.97. The number of ether oxygens (including phenoxy) is 2. The molecule has 0 aromatic carbocycles. The SMILES string of the molecule is CC(C)OCCOCc1ccnc(C#N)c1. The first-order chi connectivity index (χ1) is 7.72. The largest absolute Gasteiger partial charge is 0.376 e. The highest BCUT2D eigenvalue weighted by Crippen LogP contribution is 2.02. The molecule has 1 aromatic rings. The van der Waals surface area contributed by atoms with E-state index >= 15 is 0 Å². The minimum absolute atomic E-state index is 0.231. The van der Waals surface area contributed by atoms with Gasteiger partial charge in [0.25, 0.3) is 0 Å². The molecule has 16 heavy (non-hydrogen) atoms. The lowest BCUT2D eigenvalue weighted by Gasteiger charge is -2.08. The maximum atomic E-state index is 8.66. The Bertz CT molecular complexity index is 358. The molecule has 0 saturated heterocycles. The van der Waals surface area contributed by atoms with Gasteiger partial charge in [-0.25, -0.2) is 4.98 Å². The minimum atomic E-state index is 0.231. The first-order valence-electron chi connectivity index (χ1n) is 5.26. The second-order valence-corrected chi connectivity index (χ2v) is 3.63. The van der Waals surface area contributed by atoms with E-state index in [1.807, 2.05) is 26.0 Å². The van der Waals surface area contributed by atoms with Crippen LogP contribution in [0.3, 0.4) is 0 Å². The van der Waals surface area contributed by atoms with Crippen molar-refractivity contribution in [2.75, 3.05) is 13.2 Å². The number of aromatic nitrogens is 1. The first-order valence-corrected chi connectivity index (χ1v) is 5.26. The average molecular weight is 220 g/mol. The second-order valence-electron chi connectivity index (χ2n) is 3.63. The van der Waals surface area contributed by atoms with Crippen LogP contribution in [0.2, 0.25) is 0 Å². The first kappa shape index (κ1) is 12.6. The van der Waals surface area contributed by atoms with Crippen molar-refractivity contribution in [1.29, 1.82) is 5.26 Å². The molecule has 0 saturated carbocycles. The fourth-order valence-corrected chi connectivity index (χ4v) is 1.16. The normalized spacial score (nSPS) is 10.4. The van der Waals surface area contributed by atoms with E-state index in [1.165, 1.54) is 0 Å². The Labute approximate surface area is 95.8 Å². The Hall–Kier alpha value is -1.44. The standard InChI is InChI=1S/C12H16N2O2/c1-10(2)16-6-5-15-9-11-3-4-14-12(7-11)8-13/h3-4,7,10H,5-6,9H2,1-2H3. The minimum Gasteiger partial charge on any atom is -0.376 e. The molecular formula is C12H16N2O2. The van der Waals surface area contributed by atoms with Crippen LogP contribution in [0, 0.1) is 11.3 Å². The Kier molecular flexibility index (Phi) is 5.48. The van der Waals surface area contributed by atoms with Crippen molar-refractivity contribution in [2.45, 2.75) is 26.6 Å². The van der Waals surface area contributed by atoms with Crippen LogP contribution in [0.4, 0.5) is 0 Å². The summed E-state index contributed by atoms with van der Waals surface area (Å²) in [6.45, 7) is 5.61. The smallest absolute Gasteiger partial charge is 0.140 e. The van der Waals surface area contributed by atoms with E-state index in [4.69, 9.17) is 14.7 Å². The van der Waals surface area contributed by atoms with E-state index in [0.29, 0.717) is 25.5 Å². The van der Waals surface area contributed by atoms with E-state index in [-0.39, 0.29) is 6.10 Å². The van der Waals surface area contributed by atoms with Gasteiger partial charge in [0, 0.05) is 6.20 Å². The predicted octanol–water partition coefficient (Wildman–Crippen LogP) is 1.89. The van der Waals surface area contributed by atoms with Gasteiger partial charge < -0.3 is 9.47 Å². The molecular weight excluding hydrogens is 204 g/mol. The van der Waals surface area contributed by atoms with Crippen molar-refractivity contribution >= 4 is 0 Å². The Morgan fingerprint density at radius 2 is 2.25 bits per heavy atom. The number of hydrogen-bond acceptors (Lipinski definition) is 4. The summed E-state index contributed by atoms with van der Waals surface area (Å²) in [7, 11) is 0. The van der Waals surface area contributed by atoms with E-state index < -0.39 is 0 Å². The summed E-state index contributed by atoms with van der Waals surface area (Å²) in [6, 6.07) is 5.56. The van der Waals surface area contributed by atoms with Crippen LogP contribution < -0.4 is 0 Å². The summed E-state index contributed by atoms with van der Waals surface area (Å²) in [5, 5.41) is 8.66. The predicted molar refractivity (Wildman–Crippen MR) is 59.7 cm³/mol. The number of nitriles is 1. The van der Waals surface area contributed by atoms with Crippen molar-refractivity contribution in [3.05, 3.63) is 29.6 Å². The molecule has 0 spiro atoms. The third-order valence-electron chi connectivity index (χ3n) is 1.89. The van der Waals surface area contributed by atoms with E-state index in [2.05, 4.69) is 4.98 Å². The van der Waals surface area contributed by atoms with Crippen LogP contribution in [-0.2, 0) is 16.1 Å². The van der Waals surface area contributed by atoms with Gasteiger partial charge in [-0.15, -0.1) is 0 Å². The number of pyridine rings is 1. The van der Waals surface area contributed by atoms with Crippen molar-refractivity contribution in [3.8, 4) is 6.07 Å². The average Bonchev–Trinajstić information content (AvgIpc) is 2.28. The second kappa shape index (κ2) is 6.94. The molecule has 0 atom stereocenters. The maximum absolute atomic E-state index is 8.66. The molecule has 4 nitrogen and oxygen atoms in total. The van der Waals surface area contributed by atoms with Gasteiger partial charge in [-0.05, 0) is 31.5 Å². The molecule has 0 amide bonds. The van der Waals surface area contributed by atoms with E-state index in [1.54, 1.807) is 12.3 Å². The van der Waals surface area contributed by atoms with Crippen molar-refractivity contribution in [1.82, 2.24) is 4.98 Å². The third kappa shape index (κ3) is 4.87.